The van der Waals surface area contributed by atoms with Gasteiger partial charge in [0.2, 0.25) is 0 Å². The Labute approximate surface area is 154 Å². The molecule has 3 aliphatic heterocycles. The number of fused-ring (bicyclic) bond motifs is 4. The third-order valence-corrected chi connectivity index (χ3v) is 6.28. The SMILES string of the molecule is C[C@H]1[C@H](Oc2ccc(-c3ccc4c(ccn4C)c3)nc2)C2CCN1CC2. The Morgan fingerprint density at radius 2 is 1.92 bits per heavy atom. The second-order valence-electron chi connectivity index (χ2n) is 7.78. The molecule has 4 nitrogen and oxygen atoms in total. The number of benzene rings is 1. The number of aromatic nitrogens is 2. The van der Waals surface area contributed by atoms with Gasteiger partial charge < -0.3 is 9.30 Å². The lowest BCUT2D eigenvalue weighted by molar-refractivity contribution is -0.0508. The first-order valence-corrected chi connectivity index (χ1v) is 9.61. The highest BCUT2D eigenvalue weighted by Crippen LogP contribution is 2.35. The monoisotopic (exact) mass is 347 g/mol. The predicted octanol–water partition coefficient (Wildman–Crippen LogP) is 4.10. The van der Waals surface area contributed by atoms with Gasteiger partial charge in [-0.15, -0.1) is 0 Å². The summed E-state index contributed by atoms with van der Waals surface area (Å²) in [6.45, 7) is 4.75. The van der Waals surface area contributed by atoms with Gasteiger partial charge in [0.1, 0.15) is 11.9 Å². The van der Waals surface area contributed by atoms with Crippen molar-refractivity contribution in [3.63, 3.8) is 0 Å². The Morgan fingerprint density at radius 1 is 1.08 bits per heavy atom. The van der Waals surface area contributed by atoms with Gasteiger partial charge in [0.05, 0.1) is 11.9 Å². The highest BCUT2D eigenvalue weighted by Gasteiger charge is 2.41. The van der Waals surface area contributed by atoms with E-state index in [2.05, 4.69) is 71.0 Å². The summed E-state index contributed by atoms with van der Waals surface area (Å²) in [5.74, 6) is 1.58. The molecule has 1 aromatic carbocycles. The van der Waals surface area contributed by atoms with Crippen LogP contribution in [0.4, 0.5) is 0 Å². The quantitative estimate of drug-likeness (QED) is 0.714. The van der Waals surface area contributed by atoms with Crippen molar-refractivity contribution in [3.05, 3.63) is 48.8 Å². The fourth-order valence-electron chi connectivity index (χ4n) is 4.67. The first kappa shape index (κ1) is 15.9. The summed E-state index contributed by atoms with van der Waals surface area (Å²) in [5, 5.41) is 1.24. The molecule has 26 heavy (non-hydrogen) atoms. The number of pyridine rings is 1. The molecule has 0 radical (unpaired) electrons. The van der Waals surface area contributed by atoms with Gasteiger partial charge in [-0.25, -0.2) is 0 Å². The molecule has 0 unspecified atom stereocenters. The zero-order valence-electron chi connectivity index (χ0n) is 15.4. The molecule has 0 amide bonds. The van der Waals surface area contributed by atoms with Crippen molar-refractivity contribution in [1.29, 1.82) is 0 Å². The molecular formula is C22H25N3O. The van der Waals surface area contributed by atoms with Gasteiger partial charge in [0, 0.05) is 35.8 Å². The second-order valence-corrected chi connectivity index (χ2v) is 7.78. The topological polar surface area (TPSA) is 30.3 Å². The van der Waals surface area contributed by atoms with Gasteiger partial charge in [0.15, 0.2) is 0 Å². The molecule has 0 N–H and O–H groups in total. The lowest BCUT2D eigenvalue weighted by Gasteiger charge is -2.49. The van der Waals surface area contributed by atoms with Crippen LogP contribution in [0.25, 0.3) is 22.2 Å². The van der Waals surface area contributed by atoms with Crippen LogP contribution >= 0.6 is 0 Å². The van der Waals surface area contributed by atoms with E-state index in [-0.39, 0.29) is 0 Å². The van der Waals surface area contributed by atoms with Crippen LogP contribution in [0.3, 0.4) is 0 Å². The summed E-state index contributed by atoms with van der Waals surface area (Å²) in [7, 11) is 2.07. The summed E-state index contributed by atoms with van der Waals surface area (Å²) in [6.07, 6.45) is 6.80. The average Bonchev–Trinajstić information content (AvgIpc) is 3.06. The molecule has 3 aliphatic rings. The second kappa shape index (κ2) is 6.13. The van der Waals surface area contributed by atoms with Gasteiger partial charge >= 0.3 is 0 Å². The summed E-state index contributed by atoms with van der Waals surface area (Å²) in [6, 6.07) is 13.3. The van der Waals surface area contributed by atoms with Gasteiger partial charge in [-0.05, 0) is 69.1 Å². The molecule has 3 saturated heterocycles. The van der Waals surface area contributed by atoms with Crippen LogP contribution in [0.15, 0.2) is 48.8 Å². The van der Waals surface area contributed by atoms with E-state index in [1.54, 1.807) is 0 Å². The summed E-state index contributed by atoms with van der Waals surface area (Å²) >= 11 is 0. The highest BCUT2D eigenvalue weighted by molar-refractivity contribution is 5.85. The van der Waals surface area contributed by atoms with Crippen LogP contribution in [0.2, 0.25) is 0 Å². The average molecular weight is 347 g/mol. The first-order valence-electron chi connectivity index (χ1n) is 9.61. The maximum Gasteiger partial charge on any atom is 0.138 e. The van der Waals surface area contributed by atoms with E-state index in [0.29, 0.717) is 18.1 Å². The van der Waals surface area contributed by atoms with Gasteiger partial charge in [-0.3, -0.25) is 9.88 Å². The molecular weight excluding hydrogens is 322 g/mol. The fourth-order valence-corrected chi connectivity index (χ4v) is 4.67. The largest absolute Gasteiger partial charge is 0.487 e. The molecule has 5 heterocycles. The summed E-state index contributed by atoms with van der Waals surface area (Å²) in [4.78, 5) is 7.23. The van der Waals surface area contributed by atoms with Crippen LogP contribution in [-0.2, 0) is 7.05 Å². The Kier molecular flexibility index (Phi) is 3.75. The van der Waals surface area contributed by atoms with Crippen molar-refractivity contribution in [3.8, 4) is 17.0 Å². The van der Waals surface area contributed by atoms with E-state index in [4.69, 9.17) is 4.74 Å². The number of ether oxygens (including phenoxy) is 1. The molecule has 2 atom stereocenters. The molecule has 0 saturated carbocycles. The van der Waals surface area contributed by atoms with Crippen LogP contribution in [0.5, 0.6) is 5.75 Å². The van der Waals surface area contributed by atoms with Gasteiger partial charge in [0.25, 0.3) is 0 Å². The minimum atomic E-state index is 0.297. The van der Waals surface area contributed by atoms with Crippen molar-refractivity contribution >= 4 is 10.9 Å². The minimum Gasteiger partial charge on any atom is -0.487 e. The Morgan fingerprint density at radius 3 is 2.65 bits per heavy atom. The number of hydrogen-bond donors (Lipinski definition) is 0. The van der Waals surface area contributed by atoms with Crippen molar-refractivity contribution in [1.82, 2.24) is 14.5 Å². The predicted molar refractivity (Wildman–Crippen MR) is 104 cm³/mol. The zero-order valence-corrected chi connectivity index (χ0v) is 15.4. The van der Waals surface area contributed by atoms with E-state index in [1.807, 2.05) is 6.20 Å². The summed E-state index contributed by atoms with van der Waals surface area (Å²) in [5.41, 5.74) is 3.38. The van der Waals surface area contributed by atoms with E-state index in [9.17, 15) is 0 Å². The van der Waals surface area contributed by atoms with Crippen LogP contribution in [0.1, 0.15) is 19.8 Å². The molecule has 0 spiro atoms. The number of hydrogen-bond acceptors (Lipinski definition) is 3. The number of piperidine rings is 3. The molecule has 3 fully saturated rings. The Hall–Kier alpha value is -2.33. The third kappa shape index (κ3) is 2.60. The zero-order chi connectivity index (χ0) is 17.7. The van der Waals surface area contributed by atoms with Gasteiger partial charge in [-0.1, -0.05) is 6.07 Å². The molecule has 4 heteroatoms. The van der Waals surface area contributed by atoms with Crippen molar-refractivity contribution < 1.29 is 4.74 Å². The maximum atomic E-state index is 6.36. The van der Waals surface area contributed by atoms with E-state index < -0.39 is 0 Å². The van der Waals surface area contributed by atoms with E-state index in [1.165, 1.54) is 36.8 Å². The molecule has 3 aromatic rings. The molecule has 2 aromatic heterocycles. The van der Waals surface area contributed by atoms with E-state index >= 15 is 0 Å². The molecule has 0 aliphatic carbocycles. The van der Waals surface area contributed by atoms with E-state index in [0.717, 1.165) is 17.0 Å². The lowest BCUT2D eigenvalue weighted by atomic mass is 9.81. The fraction of sp³-hybridized carbons (Fsp3) is 0.409. The smallest absolute Gasteiger partial charge is 0.138 e. The standard InChI is InChI=1S/C22H25N3O/c1-15-22(16-8-11-25(15)12-9-16)26-19-4-5-20(23-14-19)17-3-6-21-18(13-17)7-10-24(21)2/h3-7,10,13-16,22H,8-9,11-12H2,1-2H3/t15-,22-/m0/s1. The van der Waals surface area contributed by atoms with Crippen molar-refractivity contribution in [2.45, 2.75) is 31.9 Å². The van der Waals surface area contributed by atoms with Crippen LogP contribution in [0, 0.1) is 5.92 Å². The number of aryl methyl sites for hydroxylation is 1. The summed E-state index contributed by atoms with van der Waals surface area (Å²) < 4.78 is 8.50. The molecule has 134 valence electrons. The van der Waals surface area contributed by atoms with Crippen LogP contribution in [-0.4, -0.2) is 39.7 Å². The Bertz CT molecular complexity index is 920. The maximum absolute atomic E-state index is 6.36. The molecule has 2 bridgehead atoms. The number of rotatable bonds is 3. The Balaban J connectivity index is 1.36. The number of nitrogens with zero attached hydrogens (tertiary/aromatic N) is 3. The lowest BCUT2D eigenvalue weighted by Crippen LogP contribution is -2.58. The normalized spacial score (nSPS) is 27.8. The van der Waals surface area contributed by atoms with Crippen LogP contribution < -0.4 is 4.74 Å². The van der Waals surface area contributed by atoms with Gasteiger partial charge in [-0.2, -0.15) is 0 Å². The minimum absolute atomic E-state index is 0.297. The van der Waals surface area contributed by atoms with Crippen molar-refractivity contribution in [2.24, 2.45) is 13.0 Å². The first-order chi connectivity index (χ1) is 12.7. The highest BCUT2D eigenvalue weighted by atomic mass is 16.5. The molecule has 6 rings (SSSR count). The van der Waals surface area contributed by atoms with Crippen molar-refractivity contribution in [2.75, 3.05) is 13.1 Å². The third-order valence-electron chi connectivity index (χ3n) is 6.28.